The summed E-state index contributed by atoms with van der Waals surface area (Å²) in [6.45, 7) is 2.27. The third kappa shape index (κ3) is 4.91. The van der Waals surface area contributed by atoms with Gasteiger partial charge in [0.1, 0.15) is 5.75 Å². The number of thiophene rings is 1. The fourth-order valence-corrected chi connectivity index (χ4v) is 3.91. The Labute approximate surface area is 172 Å². The fraction of sp³-hybridized carbons (Fsp3) is 0.143. The molecule has 1 heterocycles. The highest BCUT2D eigenvalue weighted by Gasteiger charge is 2.16. The van der Waals surface area contributed by atoms with Crippen LogP contribution in [-0.2, 0) is 6.42 Å². The van der Waals surface area contributed by atoms with E-state index >= 15 is 0 Å². The van der Waals surface area contributed by atoms with E-state index in [2.05, 4.69) is 10.6 Å². The van der Waals surface area contributed by atoms with Gasteiger partial charge < -0.3 is 15.7 Å². The van der Waals surface area contributed by atoms with Crippen molar-refractivity contribution < 1.29 is 14.7 Å². The minimum atomic E-state index is -0.317. The highest BCUT2D eigenvalue weighted by Crippen LogP contribution is 2.27. The second kappa shape index (κ2) is 8.91. The van der Waals surface area contributed by atoms with Crippen LogP contribution in [0.2, 0.25) is 5.02 Å². The van der Waals surface area contributed by atoms with Crippen LogP contribution in [0.15, 0.2) is 54.6 Å². The maximum atomic E-state index is 12.5. The van der Waals surface area contributed by atoms with Gasteiger partial charge in [0.05, 0.1) is 20.5 Å². The largest absolute Gasteiger partial charge is 0.508 e. The predicted molar refractivity (Wildman–Crippen MR) is 113 cm³/mol. The number of aromatic hydroxyl groups is 1. The Balaban J connectivity index is 1.60. The molecule has 3 N–H and O–H groups in total. The molecule has 0 atom stereocenters. The first-order chi connectivity index (χ1) is 13.4. The molecule has 28 heavy (non-hydrogen) atoms. The van der Waals surface area contributed by atoms with Gasteiger partial charge in [-0.2, -0.15) is 0 Å². The number of hydrogen-bond donors (Lipinski definition) is 3. The van der Waals surface area contributed by atoms with E-state index in [9.17, 15) is 14.7 Å². The Morgan fingerprint density at radius 3 is 2.61 bits per heavy atom. The van der Waals surface area contributed by atoms with Crippen molar-refractivity contribution >= 4 is 39.8 Å². The number of carbonyl (C=O) groups excluding carboxylic acids is 2. The lowest BCUT2D eigenvalue weighted by atomic mass is 10.1. The summed E-state index contributed by atoms with van der Waals surface area (Å²) < 4.78 is 0. The van der Waals surface area contributed by atoms with Crippen molar-refractivity contribution in [2.45, 2.75) is 13.3 Å². The summed E-state index contributed by atoms with van der Waals surface area (Å²) in [5, 5.41) is 16.1. The molecule has 0 saturated heterocycles. The van der Waals surface area contributed by atoms with Crippen LogP contribution >= 0.6 is 22.9 Å². The van der Waals surface area contributed by atoms with Crippen molar-refractivity contribution in [2.75, 3.05) is 11.9 Å². The zero-order valence-electron chi connectivity index (χ0n) is 15.2. The van der Waals surface area contributed by atoms with Crippen LogP contribution in [0.3, 0.4) is 0 Å². The van der Waals surface area contributed by atoms with Crippen LogP contribution in [0.4, 0.5) is 5.00 Å². The molecule has 5 nitrogen and oxygen atoms in total. The van der Waals surface area contributed by atoms with E-state index in [1.165, 1.54) is 11.3 Å². The lowest BCUT2D eigenvalue weighted by molar-refractivity contribution is 0.0956. The van der Waals surface area contributed by atoms with Gasteiger partial charge >= 0.3 is 0 Å². The summed E-state index contributed by atoms with van der Waals surface area (Å²) in [4.78, 5) is 25.4. The van der Waals surface area contributed by atoms with Gasteiger partial charge in [0.15, 0.2) is 0 Å². The first-order valence-corrected chi connectivity index (χ1v) is 9.86. The molecule has 0 unspecified atom stereocenters. The zero-order chi connectivity index (χ0) is 20.1. The third-order valence-electron chi connectivity index (χ3n) is 4.09. The van der Waals surface area contributed by atoms with Gasteiger partial charge in [-0.25, -0.2) is 0 Å². The van der Waals surface area contributed by atoms with Crippen molar-refractivity contribution in [3.8, 4) is 5.75 Å². The number of phenolic OH excluding ortho intramolecular Hbond substituents is 1. The van der Waals surface area contributed by atoms with Crippen LogP contribution in [-0.4, -0.2) is 23.5 Å². The molecule has 0 radical (unpaired) electrons. The SMILES string of the molecule is Cc1cc(NC(=O)c2ccccc2Cl)sc1C(=O)NCCc1cccc(O)c1. The van der Waals surface area contributed by atoms with E-state index in [0.717, 1.165) is 11.1 Å². The molecular formula is C21H19ClN2O3S. The topological polar surface area (TPSA) is 78.4 Å². The van der Waals surface area contributed by atoms with Crippen molar-refractivity contribution in [2.24, 2.45) is 0 Å². The molecule has 2 aromatic carbocycles. The molecule has 144 valence electrons. The number of nitrogens with one attached hydrogen (secondary N) is 2. The zero-order valence-corrected chi connectivity index (χ0v) is 16.7. The average molecular weight is 415 g/mol. The number of rotatable bonds is 6. The Bertz CT molecular complexity index is 1020. The average Bonchev–Trinajstić information content (AvgIpc) is 3.02. The van der Waals surface area contributed by atoms with E-state index in [-0.39, 0.29) is 17.6 Å². The standard InChI is InChI=1S/C21H19ClN2O3S/c1-13-11-18(24-20(26)16-7-2-3-8-17(16)22)28-19(13)21(27)23-10-9-14-5-4-6-15(25)12-14/h2-8,11-12,25H,9-10H2,1H3,(H,23,27)(H,24,26). The number of carbonyl (C=O) groups is 2. The van der Waals surface area contributed by atoms with Gasteiger partial charge in [-0.05, 0) is 54.8 Å². The van der Waals surface area contributed by atoms with Gasteiger partial charge in [0, 0.05) is 6.54 Å². The number of benzene rings is 2. The maximum absolute atomic E-state index is 12.5. The number of phenols is 1. The first-order valence-electron chi connectivity index (χ1n) is 8.66. The minimum Gasteiger partial charge on any atom is -0.508 e. The van der Waals surface area contributed by atoms with Gasteiger partial charge in [0.2, 0.25) is 0 Å². The molecule has 0 saturated carbocycles. The molecule has 3 rings (SSSR count). The quantitative estimate of drug-likeness (QED) is 0.549. The first kappa shape index (κ1) is 19.9. The van der Waals surface area contributed by atoms with Crippen LogP contribution < -0.4 is 10.6 Å². The monoisotopic (exact) mass is 414 g/mol. The minimum absolute atomic E-state index is 0.194. The summed E-state index contributed by atoms with van der Waals surface area (Å²) in [6, 6.07) is 15.5. The molecule has 0 aliphatic carbocycles. The highest BCUT2D eigenvalue weighted by molar-refractivity contribution is 7.18. The van der Waals surface area contributed by atoms with E-state index in [1.54, 1.807) is 48.5 Å². The number of aryl methyl sites for hydroxylation is 1. The molecule has 0 aliphatic heterocycles. The maximum Gasteiger partial charge on any atom is 0.261 e. The molecule has 1 aromatic heterocycles. The lowest BCUT2D eigenvalue weighted by Crippen LogP contribution is -2.25. The molecule has 0 spiro atoms. The van der Waals surface area contributed by atoms with Gasteiger partial charge in [0.25, 0.3) is 11.8 Å². The van der Waals surface area contributed by atoms with E-state index < -0.39 is 0 Å². The van der Waals surface area contributed by atoms with Crippen LogP contribution in [0.25, 0.3) is 0 Å². The fourth-order valence-electron chi connectivity index (χ4n) is 2.71. The summed E-state index contributed by atoms with van der Waals surface area (Å²) in [7, 11) is 0. The van der Waals surface area contributed by atoms with Crippen molar-refractivity contribution in [1.82, 2.24) is 5.32 Å². The summed E-state index contributed by atoms with van der Waals surface area (Å²) in [5.74, 6) is -0.305. The molecule has 0 aliphatic rings. The molecule has 0 fully saturated rings. The van der Waals surface area contributed by atoms with Gasteiger partial charge in [-0.3, -0.25) is 9.59 Å². The number of hydrogen-bond acceptors (Lipinski definition) is 4. The van der Waals surface area contributed by atoms with E-state index in [0.29, 0.717) is 33.4 Å². The molecular weight excluding hydrogens is 396 g/mol. The Hall–Kier alpha value is -2.83. The summed E-state index contributed by atoms with van der Waals surface area (Å²) in [5.41, 5.74) is 2.11. The number of amides is 2. The smallest absolute Gasteiger partial charge is 0.261 e. The Morgan fingerprint density at radius 1 is 1.07 bits per heavy atom. The molecule has 0 bridgehead atoms. The van der Waals surface area contributed by atoms with Crippen molar-refractivity contribution in [3.63, 3.8) is 0 Å². The molecule has 2 amide bonds. The van der Waals surface area contributed by atoms with Crippen molar-refractivity contribution in [3.05, 3.63) is 81.2 Å². The Morgan fingerprint density at radius 2 is 1.86 bits per heavy atom. The highest BCUT2D eigenvalue weighted by atomic mass is 35.5. The summed E-state index contributed by atoms with van der Waals surface area (Å²) >= 11 is 7.27. The van der Waals surface area contributed by atoms with E-state index in [1.807, 2.05) is 13.0 Å². The number of anilines is 1. The predicted octanol–water partition coefficient (Wildman–Crippen LogP) is 4.64. The Kier molecular flexibility index (Phi) is 6.34. The van der Waals surface area contributed by atoms with Crippen LogP contribution in [0.5, 0.6) is 5.75 Å². The third-order valence-corrected chi connectivity index (χ3v) is 5.57. The number of halogens is 1. The van der Waals surface area contributed by atoms with Crippen LogP contribution in [0.1, 0.15) is 31.2 Å². The second-order valence-electron chi connectivity index (χ2n) is 6.23. The van der Waals surface area contributed by atoms with E-state index in [4.69, 9.17) is 11.6 Å². The van der Waals surface area contributed by atoms with Gasteiger partial charge in [-0.1, -0.05) is 35.9 Å². The summed E-state index contributed by atoms with van der Waals surface area (Å²) in [6.07, 6.45) is 0.612. The molecule has 7 heteroatoms. The molecule has 3 aromatic rings. The second-order valence-corrected chi connectivity index (χ2v) is 7.69. The lowest BCUT2D eigenvalue weighted by Gasteiger charge is -2.05. The van der Waals surface area contributed by atoms with Gasteiger partial charge in [-0.15, -0.1) is 11.3 Å². The van der Waals surface area contributed by atoms with Crippen molar-refractivity contribution in [1.29, 1.82) is 0 Å². The normalized spacial score (nSPS) is 10.5. The van der Waals surface area contributed by atoms with Crippen LogP contribution in [0, 0.1) is 6.92 Å².